The van der Waals surface area contributed by atoms with Crippen molar-refractivity contribution < 1.29 is 28.5 Å². The molecule has 0 atom stereocenters. The highest BCUT2D eigenvalue weighted by molar-refractivity contribution is 6.39. The van der Waals surface area contributed by atoms with Crippen LogP contribution in [0.15, 0.2) is 41.5 Å². The van der Waals surface area contributed by atoms with Gasteiger partial charge in [-0.15, -0.1) is 0 Å². The lowest BCUT2D eigenvalue weighted by Gasteiger charge is -2.12. The number of nitrogens with one attached hydrogen (secondary N) is 2. The Hall–Kier alpha value is -3.75. The van der Waals surface area contributed by atoms with E-state index >= 15 is 0 Å². The van der Waals surface area contributed by atoms with E-state index in [0.29, 0.717) is 40.9 Å². The van der Waals surface area contributed by atoms with E-state index in [2.05, 4.69) is 15.8 Å². The summed E-state index contributed by atoms with van der Waals surface area (Å²) in [4.78, 5) is 23.9. The maximum atomic E-state index is 12.0. The molecule has 0 saturated heterocycles. The van der Waals surface area contributed by atoms with Crippen LogP contribution in [0.2, 0.25) is 0 Å². The first kappa shape index (κ1) is 21.5. The quantitative estimate of drug-likeness (QED) is 0.399. The zero-order valence-electron chi connectivity index (χ0n) is 16.6. The highest BCUT2D eigenvalue weighted by atomic mass is 16.5. The maximum Gasteiger partial charge on any atom is 0.329 e. The monoisotopic (exact) mass is 401 g/mol. The molecule has 2 aromatic carbocycles. The molecule has 154 valence electrons. The second kappa shape index (κ2) is 10.5. The van der Waals surface area contributed by atoms with Gasteiger partial charge in [0.2, 0.25) is 5.75 Å². The van der Waals surface area contributed by atoms with Gasteiger partial charge in [0.1, 0.15) is 5.75 Å². The Labute approximate surface area is 168 Å². The van der Waals surface area contributed by atoms with Crippen LogP contribution in [-0.4, -0.2) is 46.0 Å². The number of carbonyl (C=O) groups is 2. The zero-order valence-corrected chi connectivity index (χ0v) is 16.6. The lowest BCUT2D eigenvalue weighted by atomic mass is 10.2. The van der Waals surface area contributed by atoms with Gasteiger partial charge in [0.15, 0.2) is 11.5 Å². The highest BCUT2D eigenvalue weighted by Crippen LogP contribution is 2.37. The predicted octanol–water partition coefficient (Wildman–Crippen LogP) is 2.20. The number of hydrazone groups is 1. The van der Waals surface area contributed by atoms with Gasteiger partial charge in [-0.2, -0.15) is 5.10 Å². The Morgan fingerprint density at radius 1 is 0.966 bits per heavy atom. The summed E-state index contributed by atoms with van der Waals surface area (Å²) >= 11 is 0. The van der Waals surface area contributed by atoms with Crippen molar-refractivity contribution in [2.45, 2.75) is 6.92 Å². The summed E-state index contributed by atoms with van der Waals surface area (Å²) < 4.78 is 21.1. The Kier molecular flexibility index (Phi) is 7.84. The van der Waals surface area contributed by atoms with Crippen LogP contribution in [0, 0.1) is 0 Å². The van der Waals surface area contributed by atoms with Gasteiger partial charge in [-0.25, -0.2) is 5.43 Å². The van der Waals surface area contributed by atoms with Gasteiger partial charge in [0.05, 0.1) is 34.2 Å². The van der Waals surface area contributed by atoms with Crippen LogP contribution < -0.4 is 29.7 Å². The molecule has 2 rings (SSSR count). The van der Waals surface area contributed by atoms with Gasteiger partial charge in [0, 0.05) is 11.3 Å². The van der Waals surface area contributed by atoms with E-state index in [-0.39, 0.29) is 0 Å². The molecule has 29 heavy (non-hydrogen) atoms. The first-order valence-electron chi connectivity index (χ1n) is 8.69. The lowest BCUT2D eigenvalue weighted by molar-refractivity contribution is -0.136. The van der Waals surface area contributed by atoms with Gasteiger partial charge >= 0.3 is 11.8 Å². The largest absolute Gasteiger partial charge is 0.494 e. The number of ether oxygens (including phenoxy) is 4. The zero-order chi connectivity index (χ0) is 21.2. The van der Waals surface area contributed by atoms with Crippen molar-refractivity contribution in [3.8, 4) is 23.0 Å². The second-order valence-corrected chi connectivity index (χ2v) is 5.57. The number of amides is 2. The fourth-order valence-electron chi connectivity index (χ4n) is 2.38. The number of rotatable bonds is 8. The van der Waals surface area contributed by atoms with Crippen LogP contribution in [0.4, 0.5) is 5.69 Å². The SMILES string of the molecule is CCOc1ccc(NC(=O)C(=O)N/N=C/c2cc(OC)c(OC)c(OC)c2)cc1. The summed E-state index contributed by atoms with van der Waals surface area (Å²) in [6.45, 7) is 2.41. The molecule has 0 aliphatic heterocycles. The molecule has 2 aromatic rings. The third-order valence-corrected chi connectivity index (χ3v) is 3.70. The van der Waals surface area contributed by atoms with Crippen molar-refractivity contribution in [2.24, 2.45) is 5.10 Å². The minimum absolute atomic E-state index is 0.436. The molecule has 0 heterocycles. The van der Waals surface area contributed by atoms with E-state index in [4.69, 9.17) is 18.9 Å². The van der Waals surface area contributed by atoms with Crippen LogP contribution >= 0.6 is 0 Å². The molecule has 0 aromatic heterocycles. The van der Waals surface area contributed by atoms with Gasteiger partial charge < -0.3 is 24.3 Å². The summed E-state index contributed by atoms with van der Waals surface area (Å²) in [5.41, 5.74) is 3.20. The van der Waals surface area contributed by atoms with E-state index in [1.54, 1.807) is 36.4 Å². The van der Waals surface area contributed by atoms with E-state index in [0.717, 1.165) is 0 Å². The van der Waals surface area contributed by atoms with Crippen molar-refractivity contribution in [3.05, 3.63) is 42.0 Å². The van der Waals surface area contributed by atoms with Crippen LogP contribution in [0.3, 0.4) is 0 Å². The van der Waals surface area contributed by atoms with Crippen LogP contribution in [-0.2, 0) is 9.59 Å². The Bertz CT molecular complexity index is 855. The average molecular weight is 401 g/mol. The van der Waals surface area contributed by atoms with Gasteiger partial charge in [-0.1, -0.05) is 0 Å². The second-order valence-electron chi connectivity index (χ2n) is 5.57. The number of methoxy groups -OCH3 is 3. The molecule has 0 spiro atoms. The molecule has 9 nitrogen and oxygen atoms in total. The highest BCUT2D eigenvalue weighted by Gasteiger charge is 2.14. The predicted molar refractivity (Wildman–Crippen MR) is 108 cm³/mol. The fraction of sp³-hybridized carbons (Fsp3) is 0.250. The minimum atomic E-state index is -0.914. The topological polar surface area (TPSA) is 107 Å². The number of nitrogens with zero attached hydrogens (tertiary/aromatic N) is 1. The van der Waals surface area contributed by atoms with Gasteiger partial charge in [-0.3, -0.25) is 9.59 Å². The van der Waals surface area contributed by atoms with E-state index in [9.17, 15) is 9.59 Å². The van der Waals surface area contributed by atoms with Crippen molar-refractivity contribution >= 4 is 23.7 Å². The van der Waals surface area contributed by atoms with Gasteiger partial charge in [-0.05, 0) is 43.3 Å². The molecule has 0 unspecified atom stereocenters. The normalized spacial score (nSPS) is 10.3. The van der Waals surface area contributed by atoms with Crippen molar-refractivity contribution in [1.82, 2.24) is 5.43 Å². The number of hydrogen-bond acceptors (Lipinski definition) is 7. The lowest BCUT2D eigenvalue weighted by Crippen LogP contribution is -2.32. The summed E-state index contributed by atoms with van der Waals surface area (Å²) in [6, 6.07) is 9.96. The minimum Gasteiger partial charge on any atom is -0.494 e. The third-order valence-electron chi connectivity index (χ3n) is 3.70. The summed E-state index contributed by atoms with van der Waals surface area (Å²) in [7, 11) is 4.48. The fourth-order valence-corrected chi connectivity index (χ4v) is 2.38. The van der Waals surface area contributed by atoms with E-state index in [1.165, 1.54) is 27.5 Å². The van der Waals surface area contributed by atoms with E-state index < -0.39 is 11.8 Å². The van der Waals surface area contributed by atoms with Crippen LogP contribution in [0.1, 0.15) is 12.5 Å². The molecule has 0 radical (unpaired) electrons. The Morgan fingerprint density at radius 3 is 2.10 bits per heavy atom. The first-order chi connectivity index (χ1) is 14.0. The summed E-state index contributed by atoms with van der Waals surface area (Å²) in [5, 5.41) is 6.27. The van der Waals surface area contributed by atoms with Crippen molar-refractivity contribution in [1.29, 1.82) is 0 Å². The molecular formula is C20H23N3O6. The number of hydrogen-bond donors (Lipinski definition) is 2. The molecule has 0 aliphatic carbocycles. The van der Waals surface area contributed by atoms with Crippen LogP contribution in [0.25, 0.3) is 0 Å². The van der Waals surface area contributed by atoms with Gasteiger partial charge in [0.25, 0.3) is 0 Å². The van der Waals surface area contributed by atoms with Crippen molar-refractivity contribution in [3.63, 3.8) is 0 Å². The molecule has 0 bridgehead atoms. The Balaban J connectivity index is 1.98. The molecule has 2 amide bonds. The number of anilines is 1. The molecule has 0 fully saturated rings. The number of benzene rings is 2. The molecular weight excluding hydrogens is 378 g/mol. The molecule has 9 heteroatoms. The van der Waals surface area contributed by atoms with Crippen LogP contribution in [0.5, 0.6) is 23.0 Å². The van der Waals surface area contributed by atoms with E-state index in [1.807, 2.05) is 6.92 Å². The molecule has 0 aliphatic rings. The molecule has 2 N–H and O–H groups in total. The smallest absolute Gasteiger partial charge is 0.329 e. The summed E-state index contributed by atoms with van der Waals surface area (Å²) in [5.74, 6) is 0.218. The maximum absolute atomic E-state index is 12.0. The molecule has 0 saturated carbocycles. The third kappa shape index (κ3) is 5.86. The number of carbonyl (C=O) groups excluding carboxylic acids is 2. The first-order valence-corrected chi connectivity index (χ1v) is 8.69. The standard InChI is InChI=1S/C20H23N3O6/c1-5-29-15-8-6-14(7-9-15)22-19(24)20(25)23-21-12-13-10-16(26-2)18(28-4)17(11-13)27-3/h6-12H,5H2,1-4H3,(H,22,24)(H,23,25)/b21-12+. The Morgan fingerprint density at radius 2 is 1.59 bits per heavy atom. The summed E-state index contributed by atoms with van der Waals surface area (Å²) in [6.07, 6.45) is 1.35. The average Bonchev–Trinajstić information content (AvgIpc) is 2.74. The van der Waals surface area contributed by atoms with Crippen molar-refractivity contribution in [2.75, 3.05) is 33.3 Å².